The van der Waals surface area contributed by atoms with E-state index in [1.54, 1.807) is 10.9 Å². The van der Waals surface area contributed by atoms with Crippen LogP contribution in [-0.2, 0) is 6.54 Å². The van der Waals surface area contributed by atoms with Crippen LogP contribution in [0.3, 0.4) is 0 Å². The van der Waals surface area contributed by atoms with E-state index in [9.17, 15) is 0 Å². The average Bonchev–Trinajstić information content (AvgIpc) is 2.67. The highest BCUT2D eigenvalue weighted by Gasteiger charge is 2.03. The summed E-state index contributed by atoms with van der Waals surface area (Å²) in [6.07, 6.45) is 2.38. The van der Waals surface area contributed by atoms with Crippen molar-refractivity contribution in [2.75, 3.05) is 12.3 Å². The summed E-state index contributed by atoms with van der Waals surface area (Å²) in [7, 11) is 0. The lowest BCUT2D eigenvalue weighted by Crippen LogP contribution is -2.08. The van der Waals surface area contributed by atoms with Gasteiger partial charge in [-0.3, -0.25) is 0 Å². The molecule has 0 amide bonds. The van der Waals surface area contributed by atoms with Crippen LogP contribution in [0, 0.1) is 0 Å². The van der Waals surface area contributed by atoms with Gasteiger partial charge in [-0.25, -0.2) is 4.68 Å². The second kappa shape index (κ2) is 5.59. The molecule has 0 fully saturated rings. The number of aryl methyl sites for hydroxylation is 1. The smallest absolute Gasteiger partial charge is 0.140 e. The molecule has 1 aromatic carbocycles. The van der Waals surface area contributed by atoms with E-state index >= 15 is 0 Å². The van der Waals surface area contributed by atoms with E-state index in [-0.39, 0.29) is 0 Å². The molecule has 0 atom stereocenters. The van der Waals surface area contributed by atoms with Crippen LogP contribution < -0.4 is 10.5 Å². The van der Waals surface area contributed by atoms with Crippen molar-refractivity contribution in [1.82, 2.24) is 9.78 Å². The summed E-state index contributed by atoms with van der Waals surface area (Å²) in [6, 6.07) is 9.71. The summed E-state index contributed by atoms with van der Waals surface area (Å²) >= 11 is 5.80. The Hall–Kier alpha value is -1.68. The maximum absolute atomic E-state index is 5.80. The molecule has 0 unspecified atom stereocenters. The van der Waals surface area contributed by atoms with E-state index in [0.29, 0.717) is 24.0 Å². The quantitative estimate of drug-likeness (QED) is 0.831. The van der Waals surface area contributed by atoms with Gasteiger partial charge in [0.2, 0.25) is 0 Å². The summed E-state index contributed by atoms with van der Waals surface area (Å²) in [4.78, 5) is 0. The minimum Gasteiger partial charge on any atom is -0.494 e. The van der Waals surface area contributed by atoms with Crippen LogP contribution >= 0.6 is 11.6 Å². The second-order valence-electron chi connectivity index (χ2n) is 3.62. The van der Waals surface area contributed by atoms with E-state index in [2.05, 4.69) is 5.10 Å². The molecule has 0 spiro atoms. The van der Waals surface area contributed by atoms with Gasteiger partial charge in [0, 0.05) is 13.0 Å². The van der Waals surface area contributed by atoms with Gasteiger partial charge >= 0.3 is 0 Å². The summed E-state index contributed by atoms with van der Waals surface area (Å²) in [5.74, 6) is 1.38. The van der Waals surface area contributed by atoms with E-state index in [1.165, 1.54) is 0 Å². The van der Waals surface area contributed by atoms with Gasteiger partial charge in [-0.05, 0) is 12.1 Å². The third-order valence-electron chi connectivity index (χ3n) is 2.36. The van der Waals surface area contributed by atoms with Crippen molar-refractivity contribution in [3.05, 3.63) is 41.6 Å². The largest absolute Gasteiger partial charge is 0.494 e. The predicted molar refractivity (Wildman–Crippen MR) is 68.2 cm³/mol. The number of hydrogen-bond acceptors (Lipinski definition) is 3. The van der Waals surface area contributed by atoms with Crippen LogP contribution in [0.1, 0.15) is 6.42 Å². The van der Waals surface area contributed by atoms with Gasteiger partial charge in [0.05, 0.1) is 12.8 Å². The van der Waals surface area contributed by atoms with Crippen molar-refractivity contribution < 1.29 is 4.74 Å². The Bertz CT molecular complexity index is 470. The maximum Gasteiger partial charge on any atom is 0.140 e. The molecule has 0 radical (unpaired) electrons. The molecule has 4 nitrogen and oxygen atoms in total. The number of aromatic nitrogens is 2. The molecular formula is C12H14ClN3O. The molecule has 0 aliphatic heterocycles. The van der Waals surface area contributed by atoms with Crippen LogP contribution in [0.5, 0.6) is 5.75 Å². The first kappa shape index (κ1) is 11.8. The lowest BCUT2D eigenvalue weighted by Gasteiger charge is -2.06. The zero-order chi connectivity index (χ0) is 12.1. The molecule has 1 aromatic heterocycles. The fourth-order valence-corrected chi connectivity index (χ4v) is 1.61. The van der Waals surface area contributed by atoms with Gasteiger partial charge in [0.1, 0.15) is 16.6 Å². The molecule has 90 valence electrons. The molecule has 2 aromatic rings. The monoisotopic (exact) mass is 251 g/mol. The first-order valence-corrected chi connectivity index (χ1v) is 5.80. The molecule has 5 heteroatoms. The summed E-state index contributed by atoms with van der Waals surface area (Å²) in [5.41, 5.74) is 5.72. The van der Waals surface area contributed by atoms with Gasteiger partial charge in [0.15, 0.2) is 0 Å². The number of rotatable bonds is 5. The topological polar surface area (TPSA) is 53.1 Å². The molecule has 0 aliphatic carbocycles. The average molecular weight is 252 g/mol. The number of nitrogens with zero attached hydrogens (tertiary/aromatic N) is 2. The standard InChI is InChI=1S/C12H14ClN3O/c13-11-9-15-16(12(11)14)7-4-8-17-10-5-2-1-3-6-10/h1-3,5-6,9H,4,7-8,14H2. The Balaban J connectivity index is 1.75. The zero-order valence-electron chi connectivity index (χ0n) is 9.34. The number of nitrogen functional groups attached to an aromatic ring is 1. The zero-order valence-corrected chi connectivity index (χ0v) is 10.1. The molecule has 0 bridgehead atoms. The fraction of sp³-hybridized carbons (Fsp3) is 0.250. The molecule has 0 saturated heterocycles. The molecule has 2 N–H and O–H groups in total. The molecule has 2 rings (SSSR count). The molecule has 0 aliphatic rings. The van der Waals surface area contributed by atoms with E-state index in [4.69, 9.17) is 22.1 Å². The number of halogens is 1. The van der Waals surface area contributed by atoms with Crippen molar-refractivity contribution in [3.8, 4) is 5.75 Å². The Morgan fingerprint density at radius 1 is 1.29 bits per heavy atom. The number of hydrogen-bond donors (Lipinski definition) is 1. The molecule has 0 saturated carbocycles. The van der Waals surface area contributed by atoms with Crippen molar-refractivity contribution in [3.63, 3.8) is 0 Å². The number of para-hydroxylation sites is 1. The first-order chi connectivity index (χ1) is 8.27. The van der Waals surface area contributed by atoms with E-state index in [1.807, 2.05) is 30.3 Å². The Morgan fingerprint density at radius 2 is 2.06 bits per heavy atom. The highest BCUT2D eigenvalue weighted by Crippen LogP contribution is 2.17. The number of benzene rings is 1. The predicted octanol–water partition coefficient (Wildman–Crippen LogP) is 2.59. The summed E-state index contributed by atoms with van der Waals surface area (Å²) in [6.45, 7) is 1.33. The number of anilines is 1. The SMILES string of the molecule is Nc1c(Cl)cnn1CCCOc1ccccc1. The Kier molecular flexibility index (Phi) is 3.88. The lowest BCUT2D eigenvalue weighted by molar-refractivity contribution is 0.299. The molecule has 17 heavy (non-hydrogen) atoms. The van der Waals surface area contributed by atoms with Crippen LogP contribution in [0.2, 0.25) is 5.02 Å². The van der Waals surface area contributed by atoms with Crippen molar-refractivity contribution >= 4 is 17.4 Å². The normalized spacial score (nSPS) is 10.4. The first-order valence-electron chi connectivity index (χ1n) is 5.42. The van der Waals surface area contributed by atoms with Gasteiger partial charge in [-0.2, -0.15) is 5.10 Å². The van der Waals surface area contributed by atoms with Crippen LogP contribution in [0.4, 0.5) is 5.82 Å². The maximum atomic E-state index is 5.80. The molecule has 1 heterocycles. The number of ether oxygens (including phenoxy) is 1. The van der Waals surface area contributed by atoms with Crippen LogP contribution in [-0.4, -0.2) is 16.4 Å². The highest BCUT2D eigenvalue weighted by molar-refractivity contribution is 6.32. The Morgan fingerprint density at radius 3 is 2.71 bits per heavy atom. The third kappa shape index (κ3) is 3.14. The minimum absolute atomic E-state index is 0.494. The second-order valence-corrected chi connectivity index (χ2v) is 4.02. The van der Waals surface area contributed by atoms with Crippen LogP contribution in [0.15, 0.2) is 36.5 Å². The fourth-order valence-electron chi connectivity index (χ4n) is 1.47. The van der Waals surface area contributed by atoms with Gasteiger partial charge in [0.25, 0.3) is 0 Å². The van der Waals surface area contributed by atoms with E-state index in [0.717, 1.165) is 12.2 Å². The molecular weight excluding hydrogens is 238 g/mol. The van der Waals surface area contributed by atoms with Crippen molar-refractivity contribution in [2.45, 2.75) is 13.0 Å². The summed E-state index contributed by atoms with van der Waals surface area (Å²) in [5, 5.41) is 4.56. The van der Waals surface area contributed by atoms with Crippen molar-refractivity contribution in [2.24, 2.45) is 0 Å². The van der Waals surface area contributed by atoms with Gasteiger partial charge < -0.3 is 10.5 Å². The third-order valence-corrected chi connectivity index (χ3v) is 2.65. The van der Waals surface area contributed by atoms with Crippen molar-refractivity contribution in [1.29, 1.82) is 0 Å². The minimum atomic E-state index is 0.494. The van der Waals surface area contributed by atoms with Gasteiger partial charge in [-0.15, -0.1) is 0 Å². The van der Waals surface area contributed by atoms with E-state index < -0.39 is 0 Å². The highest BCUT2D eigenvalue weighted by atomic mass is 35.5. The van der Waals surface area contributed by atoms with Gasteiger partial charge in [-0.1, -0.05) is 29.8 Å². The lowest BCUT2D eigenvalue weighted by atomic mass is 10.3. The van der Waals surface area contributed by atoms with Crippen LogP contribution in [0.25, 0.3) is 0 Å². The number of nitrogens with two attached hydrogens (primary N) is 1. The summed E-state index contributed by atoms with van der Waals surface area (Å²) < 4.78 is 7.24. The Labute approximate surface area is 105 Å².